The fourth-order valence-electron chi connectivity index (χ4n) is 4.14. The number of nitrogens with zero attached hydrogens (tertiary/aromatic N) is 2. The quantitative estimate of drug-likeness (QED) is 0.697. The molecule has 1 aromatic heterocycles. The summed E-state index contributed by atoms with van der Waals surface area (Å²) in [4.78, 5) is 54.5. The molecule has 0 bridgehead atoms. The highest BCUT2D eigenvalue weighted by Gasteiger charge is 2.41. The van der Waals surface area contributed by atoms with Crippen LogP contribution in [0.5, 0.6) is 0 Å². The highest BCUT2D eigenvalue weighted by atomic mass is 32.1. The first-order chi connectivity index (χ1) is 15.4. The maximum absolute atomic E-state index is 13.1. The van der Waals surface area contributed by atoms with Crippen LogP contribution in [0.4, 0.5) is 4.79 Å². The van der Waals surface area contributed by atoms with Crippen molar-refractivity contribution >= 4 is 35.2 Å². The third-order valence-electron chi connectivity index (χ3n) is 5.85. The van der Waals surface area contributed by atoms with Crippen LogP contribution >= 0.6 is 11.3 Å². The topological polar surface area (TPSA) is 96.0 Å². The number of amides is 4. The lowest BCUT2D eigenvalue weighted by Gasteiger charge is -2.35. The first kappa shape index (κ1) is 22.0. The fourth-order valence-corrected chi connectivity index (χ4v) is 4.88. The summed E-state index contributed by atoms with van der Waals surface area (Å²) in [7, 11) is 0. The first-order valence-electron chi connectivity index (χ1n) is 10.7. The summed E-state index contributed by atoms with van der Waals surface area (Å²) in [6, 6.07) is 8.05. The molecule has 1 fully saturated rings. The normalized spacial score (nSPS) is 17.3. The van der Waals surface area contributed by atoms with Gasteiger partial charge in [-0.2, -0.15) is 0 Å². The number of imide groups is 1. The Bertz CT molecular complexity index is 1040. The first-order valence-corrected chi connectivity index (χ1v) is 11.6. The third-order valence-corrected chi connectivity index (χ3v) is 6.91. The number of thiophene rings is 1. The van der Waals surface area contributed by atoms with E-state index >= 15 is 0 Å². The molecule has 4 amide bonds. The zero-order valence-corrected chi connectivity index (χ0v) is 18.8. The molecule has 0 radical (unpaired) electrons. The van der Waals surface area contributed by atoms with Crippen LogP contribution in [0, 0.1) is 0 Å². The average Bonchev–Trinajstić information content (AvgIpc) is 3.41. The second-order valence-electron chi connectivity index (χ2n) is 7.87. The Morgan fingerprint density at radius 3 is 2.53 bits per heavy atom. The monoisotopic (exact) mass is 455 g/mol. The lowest BCUT2D eigenvalue weighted by atomic mass is 10.0. The average molecular weight is 456 g/mol. The molecule has 1 aromatic carbocycles. The molecular weight excluding hydrogens is 430 g/mol. The standard InChI is InChI=1S/C23H25N3O5S/c1-3-31-23(30)25-10-8-16(9-11-25)26-21(28)17-7-6-15(13-18(17)22(26)29)20(27)24-14(2)19-5-4-12-32-19/h4-7,12-14,16H,3,8-11H2,1-2H3,(H,24,27). The summed E-state index contributed by atoms with van der Waals surface area (Å²) >= 11 is 1.56. The van der Waals surface area contributed by atoms with Crippen LogP contribution in [0.3, 0.4) is 0 Å². The minimum absolute atomic E-state index is 0.158. The van der Waals surface area contributed by atoms with Crippen LogP contribution in [0.1, 0.15) is 68.7 Å². The molecule has 8 nitrogen and oxygen atoms in total. The maximum atomic E-state index is 13.1. The van der Waals surface area contributed by atoms with Gasteiger partial charge in [0.25, 0.3) is 17.7 Å². The summed E-state index contributed by atoms with van der Waals surface area (Å²) in [5.41, 5.74) is 0.900. The molecule has 2 aliphatic rings. The van der Waals surface area contributed by atoms with E-state index in [2.05, 4.69) is 5.32 Å². The minimum Gasteiger partial charge on any atom is -0.450 e. The number of hydrogen-bond acceptors (Lipinski definition) is 6. The van der Waals surface area contributed by atoms with Crippen molar-refractivity contribution in [3.05, 3.63) is 57.3 Å². The predicted octanol–water partition coefficient (Wildman–Crippen LogP) is 3.46. The number of carbonyl (C=O) groups excluding carboxylic acids is 4. The minimum atomic E-state index is -0.388. The molecule has 1 saturated heterocycles. The lowest BCUT2D eigenvalue weighted by Crippen LogP contribution is -2.48. The number of ether oxygens (including phenoxy) is 1. The number of rotatable bonds is 5. The van der Waals surface area contributed by atoms with Crippen LogP contribution in [0.25, 0.3) is 0 Å². The number of nitrogens with one attached hydrogen (secondary N) is 1. The van der Waals surface area contributed by atoms with Gasteiger partial charge in [0.15, 0.2) is 0 Å². The van der Waals surface area contributed by atoms with E-state index in [0.717, 1.165) is 4.88 Å². The highest BCUT2D eigenvalue weighted by molar-refractivity contribution is 7.10. The lowest BCUT2D eigenvalue weighted by molar-refractivity contribution is 0.0485. The van der Waals surface area contributed by atoms with Crippen molar-refractivity contribution < 1.29 is 23.9 Å². The van der Waals surface area contributed by atoms with Crippen LogP contribution in [0.15, 0.2) is 35.7 Å². The van der Waals surface area contributed by atoms with Gasteiger partial charge in [-0.3, -0.25) is 19.3 Å². The SMILES string of the molecule is CCOC(=O)N1CCC(N2C(=O)c3ccc(C(=O)NC(C)c4cccs4)cc3C2=O)CC1. The van der Waals surface area contributed by atoms with E-state index < -0.39 is 0 Å². The zero-order chi connectivity index (χ0) is 22.8. The summed E-state index contributed by atoms with van der Waals surface area (Å²) in [5.74, 6) is -1.03. The molecule has 1 unspecified atom stereocenters. The molecule has 9 heteroatoms. The second kappa shape index (κ2) is 9.12. The van der Waals surface area contributed by atoms with Gasteiger partial charge >= 0.3 is 6.09 Å². The van der Waals surface area contributed by atoms with Gasteiger partial charge in [0.1, 0.15) is 0 Å². The molecule has 1 atom stereocenters. The molecule has 4 rings (SSSR count). The van der Waals surface area contributed by atoms with E-state index in [9.17, 15) is 19.2 Å². The van der Waals surface area contributed by atoms with Gasteiger partial charge in [0, 0.05) is 29.6 Å². The van der Waals surface area contributed by atoms with Gasteiger partial charge in [0.05, 0.1) is 23.8 Å². The molecule has 3 heterocycles. The largest absolute Gasteiger partial charge is 0.450 e. The Morgan fingerprint density at radius 2 is 1.88 bits per heavy atom. The van der Waals surface area contributed by atoms with Gasteiger partial charge < -0.3 is 15.0 Å². The molecule has 0 aliphatic carbocycles. The molecule has 1 N–H and O–H groups in total. The predicted molar refractivity (Wildman–Crippen MR) is 119 cm³/mol. The van der Waals surface area contributed by atoms with E-state index in [-0.39, 0.29) is 41.5 Å². The van der Waals surface area contributed by atoms with E-state index in [4.69, 9.17) is 4.74 Å². The van der Waals surface area contributed by atoms with Crippen molar-refractivity contribution in [1.82, 2.24) is 15.1 Å². The van der Waals surface area contributed by atoms with Gasteiger partial charge in [0.2, 0.25) is 0 Å². The number of likely N-dealkylation sites (tertiary alicyclic amines) is 1. The molecule has 0 saturated carbocycles. The number of carbonyl (C=O) groups is 4. The van der Waals surface area contributed by atoms with Gasteiger partial charge in [-0.1, -0.05) is 6.07 Å². The Hall–Kier alpha value is -3.20. The van der Waals surface area contributed by atoms with Crippen molar-refractivity contribution in [3.63, 3.8) is 0 Å². The van der Waals surface area contributed by atoms with Crippen LogP contribution in [-0.2, 0) is 4.74 Å². The van der Waals surface area contributed by atoms with Gasteiger partial charge in [-0.25, -0.2) is 4.79 Å². The summed E-state index contributed by atoms with van der Waals surface area (Å²) < 4.78 is 5.02. The van der Waals surface area contributed by atoms with Crippen LogP contribution in [-0.4, -0.2) is 59.4 Å². The molecule has 168 valence electrons. The highest BCUT2D eigenvalue weighted by Crippen LogP contribution is 2.30. The smallest absolute Gasteiger partial charge is 0.409 e. The Morgan fingerprint density at radius 1 is 1.16 bits per heavy atom. The number of benzene rings is 1. The maximum Gasteiger partial charge on any atom is 0.409 e. The second-order valence-corrected chi connectivity index (χ2v) is 8.85. The molecule has 32 heavy (non-hydrogen) atoms. The van der Waals surface area contributed by atoms with E-state index in [1.165, 1.54) is 11.0 Å². The van der Waals surface area contributed by atoms with Gasteiger partial charge in [-0.05, 0) is 56.3 Å². The third kappa shape index (κ3) is 4.12. The van der Waals surface area contributed by atoms with E-state index in [0.29, 0.717) is 43.7 Å². The van der Waals surface area contributed by atoms with Crippen molar-refractivity contribution in [2.24, 2.45) is 0 Å². The molecule has 0 spiro atoms. The molecule has 2 aromatic rings. The number of fused-ring (bicyclic) bond motifs is 1. The zero-order valence-electron chi connectivity index (χ0n) is 18.0. The van der Waals surface area contributed by atoms with Crippen molar-refractivity contribution in [1.29, 1.82) is 0 Å². The Labute approximate surface area is 190 Å². The molecule has 2 aliphatic heterocycles. The van der Waals surface area contributed by atoms with Crippen molar-refractivity contribution in [2.75, 3.05) is 19.7 Å². The Balaban J connectivity index is 1.45. The number of piperidine rings is 1. The Kier molecular flexibility index (Phi) is 6.27. The summed E-state index contributed by atoms with van der Waals surface area (Å²) in [5, 5.41) is 4.88. The van der Waals surface area contributed by atoms with Crippen LogP contribution in [0.2, 0.25) is 0 Å². The van der Waals surface area contributed by atoms with Crippen LogP contribution < -0.4 is 5.32 Å². The van der Waals surface area contributed by atoms with Gasteiger partial charge in [-0.15, -0.1) is 11.3 Å². The van der Waals surface area contributed by atoms with E-state index in [1.54, 1.807) is 35.3 Å². The number of hydrogen-bond donors (Lipinski definition) is 1. The fraction of sp³-hybridized carbons (Fsp3) is 0.391. The summed E-state index contributed by atoms with van der Waals surface area (Å²) in [6.07, 6.45) is 0.618. The van der Waals surface area contributed by atoms with Crippen molar-refractivity contribution in [3.8, 4) is 0 Å². The van der Waals surface area contributed by atoms with E-state index in [1.807, 2.05) is 24.4 Å². The van der Waals surface area contributed by atoms with Crippen molar-refractivity contribution in [2.45, 2.75) is 38.8 Å². The summed E-state index contributed by atoms with van der Waals surface area (Å²) in [6.45, 7) is 4.80. The molecular formula is C23H25N3O5S.